The van der Waals surface area contributed by atoms with Gasteiger partial charge in [-0.15, -0.1) is 0 Å². The van der Waals surface area contributed by atoms with Gasteiger partial charge >= 0.3 is 0 Å². The van der Waals surface area contributed by atoms with Crippen molar-refractivity contribution in [3.63, 3.8) is 0 Å². The van der Waals surface area contributed by atoms with Gasteiger partial charge in [-0.2, -0.15) is 5.10 Å². The van der Waals surface area contributed by atoms with Gasteiger partial charge in [0.1, 0.15) is 17.0 Å². The summed E-state index contributed by atoms with van der Waals surface area (Å²) in [5.74, 6) is -0.146. The van der Waals surface area contributed by atoms with Crippen LogP contribution in [0.1, 0.15) is 39.9 Å². The number of carbonyl (C=O) groups is 2. The van der Waals surface area contributed by atoms with Gasteiger partial charge in [-0.25, -0.2) is 4.98 Å². The van der Waals surface area contributed by atoms with Crippen molar-refractivity contribution < 1.29 is 14.3 Å². The van der Waals surface area contributed by atoms with E-state index in [-0.39, 0.29) is 11.5 Å². The molecule has 0 unspecified atom stereocenters. The third-order valence-electron chi connectivity index (χ3n) is 4.48. The fourth-order valence-corrected chi connectivity index (χ4v) is 3.07. The van der Waals surface area contributed by atoms with E-state index < -0.39 is 5.91 Å². The van der Waals surface area contributed by atoms with Crippen molar-refractivity contribution in [2.24, 2.45) is 18.5 Å². The third kappa shape index (κ3) is 4.06. The number of anilines is 1. The predicted molar refractivity (Wildman–Crippen MR) is 109 cm³/mol. The normalized spacial score (nSPS) is 11.0. The molecule has 0 aliphatic heterocycles. The largest absolute Gasteiger partial charge is 0.491 e. The number of hydrogen-bond acceptors (Lipinski definition) is 6. The van der Waals surface area contributed by atoms with E-state index in [1.54, 1.807) is 34.5 Å². The van der Waals surface area contributed by atoms with Crippen molar-refractivity contribution >= 4 is 28.8 Å². The molecule has 0 radical (unpaired) electrons. The fourth-order valence-electron chi connectivity index (χ4n) is 3.07. The molecule has 29 heavy (non-hydrogen) atoms. The lowest BCUT2D eigenvalue weighted by Gasteiger charge is -2.10. The molecule has 0 saturated heterocycles. The van der Waals surface area contributed by atoms with Gasteiger partial charge < -0.3 is 20.8 Å². The first-order valence-electron chi connectivity index (χ1n) is 9.34. The van der Waals surface area contributed by atoms with E-state index in [2.05, 4.69) is 15.4 Å². The molecule has 10 nitrogen and oxygen atoms in total. The average molecular weight is 399 g/mol. The van der Waals surface area contributed by atoms with Gasteiger partial charge in [0.05, 0.1) is 17.8 Å². The minimum Gasteiger partial charge on any atom is -0.491 e. The summed E-state index contributed by atoms with van der Waals surface area (Å²) in [5.41, 5.74) is 13.6. The third-order valence-corrected chi connectivity index (χ3v) is 4.48. The number of imidazole rings is 1. The first-order chi connectivity index (χ1) is 13.8. The van der Waals surface area contributed by atoms with Crippen molar-refractivity contribution in [2.75, 3.05) is 18.5 Å². The monoisotopic (exact) mass is 399 g/mol. The van der Waals surface area contributed by atoms with Crippen molar-refractivity contribution in [2.45, 2.75) is 26.8 Å². The highest BCUT2D eigenvalue weighted by molar-refractivity contribution is 6.04. The molecular weight excluding hydrogens is 374 g/mol. The first kappa shape index (κ1) is 20.3. The van der Waals surface area contributed by atoms with Crippen LogP contribution in [0.15, 0.2) is 18.2 Å². The Morgan fingerprint density at radius 1 is 1.28 bits per heavy atom. The van der Waals surface area contributed by atoms with Gasteiger partial charge in [-0.1, -0.05) is 0 Å². The average Bonchev–Trinajstić information content (AvgIpc) is 3.21. The molecule has 0 bridgehead atoms. The second kappa shape index (κ2) is 8.31. The topological polar surface area (TPSA) is 143 Å². The van der Waals surface area contributed by atoms with Crippen molar-refractivity contribution in [1.29, 1.82) is 0 Å². The number of amides is 2. The molecule has 0 saturated carbocycles. The number of primary amides is 1. The van der Waals surface area contributed by atoms with E-state index >= 15 is 0 Å². The zero-order chi connectivity index (χ0) is 21.1. The molecular formula is C19H25N7O3. The molecule has 0 aliphatic carbocycles. The van der Waals surface area contributed by atoms with E-state index in [0.717, 1.165) is 5.69 Å². The molecule has 0 atom stereocenters. The fraction of sp³-hybridized carbons (Fsp3) is 0.368. The minimum absolute atomic E-state index is 0.274. The van der Waals surface area contributed by atoms with Crippen molar-refractivity contribution in [3.8, 4) is 5.75 Å². The van der Waals surface area contributed by atoms with E-state index in [1.165, 1.54) is 0 Å². The number of nitrogens with two attached hydrogens (primary N) is 2. The van der Waals surface area contributed by atoms with Crippen LogP contribution in [0.5, 0.6) is 5.75 Å². The van der Waals surface area contributed by atoms with Crippen LogP contribution < -0.4 is 21.5 Å². The van der Waals surface area contributed by atoms with Gasteiger partial charge in [-0.3, -0.25) is 19.6 Å². The van der Waals surface area contributed by atoms with Crippen LogP contribution in [0.3, 0.4) is 0 Å². The number of fused-ring (bicyclic) bond motifs is 1. The van der Waals surface area contributed by atoms with Crippen molar-refractivity contribution in [1.82, 2.24) is 19.3 Å². The van der Waals surface area contributed by atoms with Crippen LogP contribution in [0.25, 0.3) is 11.0 Å². The Hall–Kier alpha value is -3.40. The molecule has 2 aromatic heterocycles. The van der Waals surface area contributed by atoms with Gasteiger partial charge in [0.15, 0.2) is 0 Å². The standard InChI is InChI=1S/C19H25N7O3/c1-4-26-14(8-11(2)24-26)18(28)23-19-22-13-9-12(17(21)27)10-15(16(13)25(19)3)29-7-5-6-20/h8-10H,4-7,20H2,1-3H3,(H2,21,27)(H,22,23,28). The van der Waals surface area contributed by atoms with Crippen LogP contribution in [-0.4, -0.2) is 44.3 Å². The highest BCUT2D eigenvalue weighted by atomic mass is 16.5. The molecule has 3 rings (SSSR count). The summed E-state index contributed by atoms with van der Waals surface area (Å²) >= 11 is 0. The number of aromatic nitrogens is 4. The number of rotatable bonds is 8. The maximum absolute atomic E-state index is 12.8. The highest BCUT2D eigenvalue weighted by Crippen LogP contribution is 2.30. The summed E-state index contributed by atoms with van der Waals surface area (Å²) in [7, 11) is 1.76. The lowest BCUT2D eigenvalue weighted by Crippen LogP contribution is -2.19. The Bertz CT molecular complexity index is 1070. The Labute approximate surface area is 167 Å². The molecule has 3 aromatic rings. The molecule has 154 valence electrons. The maximum atomic E-state index is 12.8. The van der Waals surface area contributed by atoms with Gasteiger partial charge in [0.25, 0.3) is 5.91 Å². The number of nitrogens with zero attached hydrogens (tertiary/aromatic N) is 4. The van der Waals surface area contributed by atoms with E-state index in [9.17, 15) is 9.59 Å². The summed E-state index contributed by atoms with van der Waals surface area (Å²) in [4.78, 5) is 28.9. The second-order valence-electron chi connectivity index (χ2n) is 6.63. The smallest absolute Gasteiger partial charge is 0.276 e. The molecule has 2 heterocycles. The van der Waals surface area contributed by atoms with E-state index in [0.29, 0.717) is 54.5 Å². The SMILES string of the molecule is CCn1nc(C)cc1C(=O)Nc1nc2cc(C(N)=O)cc(OCCCN)c2n1C. The summed E-state index contributed by atoms with van der Waals surface area (Å²) in [6.45, 7) is 5.18. The Morgan fingerprint density at radius 3 is 2.69 bits per heavy atom. The number of carbonyl (C=O) groups excluding carboxylic acids is 2. The van der Waals surface area contributed by atoms with E-state index in [1.807, 2.05) is 13.8 Å². The number of hydrogen-bond donors (Lipinski definition) is 3. The molecule has 2 amide bonds. The number of nitrogens with one attached hydrogen (secondary N) is 1. The van der Waals surface area contributed by atoms with Crippen LogP contribution in [0.2, 0.25) is 0 Å². The van der Waals surface area contributed by atoms with Gasteiger partial charge in [0, 0.05) is 19.2 Å². The maximum Gasteiger partial charge on any atom is 0.276 e. The Morgan fingerprint density at radius 2 is 2.03 bits per heavy atom. The van der Waals surface area contributed by atoms with Crippen LogP contribution in [0, 0.1) is 6.92 Å². The highest BCUT2D eigenvalue weighted by Gasteiger charge is 2.20. The molecule has 0 aliphatic rings. The summed E-state index contributed by atoms with van der Waals surface area (Å²) in [6.07, 6.45) is 0.657. The van der Waals surface area contributed by atoms with E-state index in [4.69, 9.17) is 16.2 Å². The quantitative estimate of drug-likeness (QED) is 0.485. The summed E-state index contributed by atoms with van der Waals surface area (Å²) in [6, 6.07) is 4.86. The molecule has 10 heteroatoms. The van der Waals surface area contributed by atoms with Crippen LogP contribution in [0.4, 0.5) is 5.95 Å². The number of ether oxygens (including phenoxy) is 1. The summed E-state index contributed by atoms with van der Waals surface area (Å²) < 4.78 is 9.13. The molecule has 0 fully saturated rings. The van der Waals surface area contributed by atoms with Crippen LogP contribution in [-0.2, 0) is 13.6 Å². The molecule has 0 spiro atoms. The van der Waals surface area contributed by atoms with Crippen molar-refractivity contribution in [3.05, 3.63) is 35.2 Å². The van der Waals surface area contributed by atoms with Crippen LogP contribution >= 0.6 is 0 Å². The number of benzene rings is 1. The Kier molecular flexibility index (Phi) is 5.83. The van der Waals surface area contributed by atoms with Gasteiger partial charge in [-0.05, 0) is 45.0 Å². The zero-order valence-electron chi connectivity index (χ0n) is 16.7. The minimum atomic E-state index is -0.589. The second-order valence-corrected chi connectivity index (χ2v) is 6.63. The molecule has 5 N–H and O–H groups in total. The first-order valence-corrected chi connectivity index (χ1v) is 9.34. The summed E-state index contributed by atoms with van der Waals surface area (Å²) in [5, 5.41) is 7.10. The Balaban J connectivity index is 2.00. The molecule has 1 aromatic carbocycles. The lowest BCUT2D eigenvalue weighted by molar-refractivity contribution is 0.0995. The predicted octanol–water partition coefficient (Wildman–Crippen LogP) is 1.18. The zero-order valence-corrected chi connectivity index (χ0v) is 16.7. The lowest BCUT2D eigenvalue weighted by atomic mass is 10.1. The van der Waals surface area contributed by atoms with Gasteiger partial charge in [0.2, 0.25) is 11.9 Å². The number of aryl methyl sites for hydroxylation is 3.